The summed E-state index contributed by atoms with van der Waals surface area (Å²) in [4.78, 5) is 12.8. The van der Waals surface area contributed by atoms with Gasteiger partial charge in [-0.2, -0.15) is 0 Å². The second-order valence-corrected chi connectivity index (χ2v) is 7.93. The van der Waals surface area contributed by atoms with Crippen LogP contribution in [0.3, 0.4) is 0 Å². The molecule has 3 aromatic carbocycles. The van der Waals surface area contributed by atoms with Crippen molar-refractivity contribution in [2.24, 2.45) is 0 Å². The van der Waals surface area contributed by atoms with E-state index in [0.29, 0.717) is 27.8 Å². The fourth-order valence-electron chi connectivity index (χ4n) is 3.08. The molecule has 4 nitrogen and oxygen atoms in total. The summed E-state index contributed by atoms with van der Waals surface area (Å²) in [5, 5.41) is 4.43. The maximum atomic E-state index is 12.8. The van der Waals surface area contributed by atoms with Gasteiger partial charge in [-0.1, -0.05) is 45.7 Å². The molecule has 0 unspecified atom stereocenters. The Morgan fingerprint density at radius 2 is 1.87 bits per heavy atom. The number of halogens is 2. The van der Waals surface area contributed by atoms with Gasteiger partial charge in [-0.3, -0.25) is 4.79 Å². The standard InChI is InChI=1S/C24H17BrClNO3/c1-29-20-4-2-3-19(13-20)27-24(28)14-21(15-5-8-18(26)9-6-15)23-12-16-11-17(25)7-10-22(16)30-23/h2-14H,1H3,(H,27,28). The molecule has 0 atom stereocenters. The monoisotopic (exact) mass is 481 g/mol. The lowest BCUT2D eigenvalue weighted by molar-refractivity contribution is -0.111. The number of amides is 1. The number of benzene rings is 3. The predicted molar refractivity (Wildman–Crippen MR) is 124 cm³/mol. The van der Waals surface area contributed by atoms with E-state index in [1.807, 2.05) is 48.5 Å². The molecule has 0 bridgehead atoms. The fourth-order valence-corrected chi connectivity index (χ4v) is 3.59. The number of rotatable bonds is 5. The van der Waals surface area contributed by atoms with Gasteiger partial charge in [-0.15, -0.1) is 0 Å². The first-order valence-electron chi connectivity index (χ1n) is 9.14. The molecule has 4 aromatic rings. The van der Waals surface area contributed by atoms with E-state index in [1.165, 1.54) is 6.08 Å². The fraction of sp³-hybridized carbons (Fsp3) is 0.0417. The number of carbonyl (C=O) groups is 1. The number of fused-ring (bicyclic) bond motifs is 1. The minimum atomic E-state index is -0.283. The van der Waals surface area contributed by atoms with Crippen molar-refractivity contribution in [2.75, 3.05) is 12.4 Å². The molecule has 0 saturated carbocycles. The maximum Gasteiger partial charge on any atom is 0.249 e. The Kier molecular flexibility index (Phi) is 5.93. The number of nitrogens with one attached hydrogen (secondary N) is 1. The van der Waals surface area contributed by atoms with Crippen molar-refractivity contribution in [3.8, 4) is 5.75 Å². The topological polar surface area (TPSA) is 51.5 Å². The largest absolute Gasteiger partial charge is 0.497 e. The van der Waals surface area contributed by atoms with Gasteiger partial charge in [0.2, 0.25) is 5.91 Å². The third-order valence-electron chi connectivity index (χ3n) is 4.51. The van der Waals surface area contributed by atoms with Crippen LogP contribution in [0.1, 0.15) is 11.3 Å². The first kappa shape index (κ1) is 20.3. The molecule has 6 heteroatoms. The van der Waals surface area contributed by atoms with Crippen molar-refractivity contribution in [2.45, 2.75) is 0 Å². The molecule has 1 N–H and O–H groups in total. The minimum Gasteiger partial charge on any atom is -0.497 e. The zero-order valence-electron chi connectivity index (χ0n) is 16.0. The molecule has 1 aromatic heterocycles. The lowest BCUT2D eigenvalue weighted by Gasteiger charge is -2.08. The van der Waals surface area contributed by atoms with Crippen LogP contribution in [0.25, 0.3) is 16.5 Å². The number of ether oxygens (including phenoxy) is 1. The summed E-state index contributed by atoms with van der Waals surface area (Å²) in [7, 11) is 1.58. The summed E-state index contributed by atoms with van der Waals surface area (Å²) in [5.74, 6) is 0.971. The minimum absolute atomic E-state index is 0.283. The Hall–Kier alpha value is -3.02. The van der Waals surface area contributed by atoms with Crippen LogP contribution in [-0.4, -0.2) is 13.0 Å². The highest BCUT2D eigenvalue weighted by molar-refractivity contribution is 9.10. The van der Waals surface area contributed by atoms with Gasteiger partial charge in [0.05, 0.1) is 7.11 Å². The number of hydrogen-bond donors (Lipinski definition) is 1. The van der Waals surface area contributed by atoms with E-state index < -0.39 is 0 Å². The Bertz CT molecular complexity index is 1250. The van der Waals surface area contributed by atoms with Crippen molar-refractivity contribution in [3.63, 3.8) is 0 Å². The first-order valence-corrected chi connectivity index (χ1v) is 10.3. The van der Waals surface area contributed by atoms with Crippen LogP contribution >= 0.6 is 27.5 Å². The number of furan rings is 1. The van der Waals surface area contributed by atoms with E-state index in [0.717, 1.165) is 21.0 Å². The molecular weight excluding hydrogens is 466 g/mol. The van der Waals surface area contributed by atoms with Crippen molar-refractivity contribution >= 4 is 55.7 Å². The third-order valence-corrected chi connectivity index (χ3v) is 5.26. The molecule has 30 heavy (non-hydrogen) atoms. The van der Waals surface area contributed by atoms with Gasteiger partial charge < -0.3 is 14.5 Å². The zero-order valence-corrected chi connectivity index (χ0v) is 18.3. The smallest absolute Gasteiger partial charge is 0.249 e. The summed E-state index contributed by atoms with van der Waals surface area (Å²) in [5.41, 5.74) is 2.85. The van der Waals surface area contributed by atoms with Crippen molar-refractivity contribution in [1.82, 2.24) is 0 Å². The Balaban J connectivity index is 1.73. The molecule has 0 aliphatic carbocycles. The Morgan fingerprint density at radius 1 is 1.07 bits per heavy atom. The molecule has 150 valence electrons. The highest BCUT2D eigenvalue weighted by Gasteiger charge is 2.14. The molecule has 1 amide bonds. The van der Waals surface area contributed by atoms with Gasteiger partial charge in [-0.25, -0.2) is 0 Å². The van der Waals surface area contributed by atoms with E-state index in [4.69, 9.17) is 20.8 Å². The summed E-state index contributed by atoms with van der Waals surface area (Å²) in [6, 6.07) is 22.2. The van der Waals surface area contributed by atoms with Crippen molar-refractivity contribution < 1.29 is 13.9 Å². The van der Waals surface area contributed by atoms with Crippen LogP contribution < -0.4 is 10.1 Å². The molecule has 1 heterocycles. The molecule has 0 spiro atoms. The molecule has 0 aliphatic rings. The number of carbonyl (C=O) groups excluding carboxylic acids is 1. The maximum absolute atomic E-state index is 12.8. The normalized spacial score (nSPS) is 11.5. The molecule has 0 radical (unpaired) electrons. The second kappa shape index (κ2) is 8.78. The van der Waals surface area contributed by atoms with Crippen LogP contribution in [0.15, 0.2) is 87.8 Å². The highest BCUT2D eigenvalue weighted by atomic mass is 79.9. The summed E-state index contributed by atoms with van der Waals surface area (Å²) >= 11 is 9.52. The second-order valence-electron chi connectivity index (χ2n) is 6.58. The molecule has 0 fully saturated rings. The summed E-state index contributed by atoms with van der Waals surface area (Å²) < 4.78 is 12.2. The van der Waals surface area contributed by atoms with Gasteiger partial charge in [-0.05, 0) is 54.1 Å². The SMILES string of the molecule is COc1cccc(NC(=O)C=C(c2ccc(Cl)cc2)c2cc3cc(Br)ccc3o2)c1. The quantitative estimate of drug-likeness (QED) is 0.314. The number of methoxy groups -OCH3 is 1. The van der Waals surface area contributed by atoms with E-state index in [1.54, 1.807) is 31.4 Å². The number of hydrogen-bond acceptors (Lipinski definition) is 3. The van der Waals surface area contributed by atoms with Crippen LogP contribution in [-0.2, 0) is 4.79 Å². The van der Waals surface area contributed by atoms with Crippen LogP contribution in [0.4, 0.5) is 5.69 Å². The van der Waals surface area contributed by atoms with Gasteiger partial charge in [0.25, 0.3) is 0 Å². The lowest BCUT2D eigenvalue weighted by Crippen LogP contribution is -2.09. The van der Waals surface area contributed by atoms with Gasteiger partial charge in [0.1, 0.15) is 17.1 Å². The Labute approximate surface area is 187 Å². The molecule has 0 saturated heterocycles. The van der Waals surface area contributed by atoms with Crippen LogP contribution in [0.5, 0.6) is 5.75 Å². The van der Waals surface area contributed by atoms with Crippen LogP contribution in [0.2, 0.25) is 5.02 Å². The highest BCUT2D eigenvalue weighted by Crippen LogP contribution is 2.31. The van der Waals surface area contributed by atoms with Crippen molar-refractivity contribution in [1.29, 1.82) is 0 Å². The van der Waals surface area contributed by atoms with Gasteiger partial charge in [0.15, 0.2) is 0 Å². The number of anilines is 1. The average Bonchev–Trinajstić information content (AvgIpc) is 3.15. The Morgan fingerprint density at radius 3 is 2.63 bits per heavy atom. The first-order chi connectivity index (χ1) is 14.5. The molecule has 4 rings (SSSR count). The predicted octanol–water partition coefficient (Wildman–Crippen LogP) is 6.93. The van der Waals surface area contributed by atoms with E-state index in [9.17, 15) is 4.79 Å². The third kappa shape index (κ3) is 4.58. The molecule has 0 aliphatic heterocycles. The average molecular weight is 483 g/mol. The lowest BCUT2D eigenvalue weighted by atomic mass is 10.0. The van der Waals surface area contributed by atoms with Gasteiger partial charge >= 0.3 is 0 Å². The summed E-state index contributed by atoms with van der Waals surface area (Å²) in [6.45, 7) is 0. The van der Waals surface area contributed by atoms with Crippen LogP contribution in [0, 0.1) is 0 Å². The van der Waals surface area contributed by atoms with Gasteiger partial charge in [0, 0.05) is 38.3 Å². The van der Waals surface area contributed by atoms with E-state index in [-0.39, 0.29) is 5.91 Å². The van der Waals surface area contributed by atoms with E-state index in [2.05, 4.69) is 21.2 Å². The van der Waals surface area contributed by atoms with E-state index >= 15 is 0 Å². The molecular formula is C24H17BrClNO3. The zero-order chi connectivity index (χ0) is 21.1. The van der Waals surface area contributed by atoms with Crippen molar-refractivity contribution in [3.05, 3.63) is 99.7 Å². The summed E-state index contributed by atoms with van der Waals surface area (Å²) in [6.07, 6.45) is 1.52.